The molecule has 10 heteroatoms. The molecular formula is C24H26BrN3O6. The van der Waals surface area contributed by atoms with Crippen LogP contribution in [0, 0.1) is 16.0 Å². The third-order valence-corrected chi connectivity index (χ3v) is 5.88. The summed E-state index contributed by atoms with van der Waals surface area (Å²) in [6.45, 7) is 4.52. The number of nitrogens with one attached hydrogen (secondary N) is 1. The van der Waals surface area contributed by atoms with Crippen molar-refractivity contribution in [2.75, 3.05) is 16.8 Å². The maximum Gasteiger partial charge on any atom is 0.421 e. The largest absolute Gasteiger partial charge is 0.443 e. The van der Waals surface area contributed by atoms with Gasteiger partial charge >= 0.3 is 6.09 Å². The highest BCUT2D eigenvalue weighted by atomic mass is 79.9. The Kier molecular flexibility index (Phi) is 7.71. The molecule has 3 rings (SSSR count). The minimum Gasteiger partial charge on any atom is -0.443 e. The Labute approximate surface area is 205 Å². The lowest BCUT2D eigenvalue weighted by Gasteiger charge is -2.33. The zero-order chi connectivity index (χ0) is 25.0. The smallest absolute Gasteiger partial charge is 0.421 e. The summed E-state index contributed by atoms with van der Waals surface area (Å²) >= 11 is 3.34. The van der Waals surface area contributed by atoms with Crippen LogP contribution < -0.4 is 10.2 Å². The Morgan fingerprint density at radius 1 is 1.18 bits per heavy atom. The number of nitro groups is 1. The van der Waals surface area contributed by atoms with Crippen molar-refractivity contribution in [1.29, 1.82) is 0 Å². The lowest BCUT2D eigenvalue weighted by molar-refractivity contribution is -0.484. The van der Waals surface area contributed by atoms with E-state index in [1.165, 1.54) is 0 Å². The molecule has 0 aliphatic carbocycles. The van der Waals surface area contributed by atoms with E-state index in [1.54, 1.807) is 69.3 Å². The molecule has 1 heterocycles. The zero-order valence-electron chi connectivity index (χ0n) is 19.1. The zero-order valence-corrected chi connectivity index (χ0v) is 20.7. The third-order valence-electron chi connectivity index (χ3n) is 5.35. The molecule has 0 bridgehead atoms. The van der Waals surface area contributed by atoms with Crippen LogP contribution in [0.5, 0.6) is 0 Å². The van der Waals surface area contributed by atoms with Gasteiger partial charge in [-0.05, 0) is 63.1 Å². The Bertz CT molecular complexity index is 1100. The summed E-state index contributed by atoms with van der Waals surface area (Å²) in [5, 5.41) is 14.4. The van der Waals surface area contributed by atoms with Crippen molar-refractivity contribution in [2.24, 2.45) is 5.92 Å². The molecule has 0 aromatic heterocycles. The van der Waals surface area contributed by atoms with E-state index in [1.807, 2.05) is 0 Å². The maximum atomic E-state index is 13.3. The molecule has 34 heavy (non-hydrogen) atoms. The van der Waals surface area contributed by atoms with Crippen LogP contribution in [0.1, 0.15) is 45.1 Å². The number of anilines is 2. The summed E-state index contributed by atoms with van der Waals surface area (Å²) in [4.78, 5) is 51.3. The minimum atomic E-state index is -0.861. The van der Waals surface area contributed by atoms with E-state index in [0.717, 1.165) is 9.37 Å². The lowest BCUT2D eigenvalue weighted by atomic mass is 9.80. The highest BCUT2D eigenvalue weighted by molar-refractivity contribution is 9.10. The molecule has 1 aliphatic heterocycles. The van der Waals surface area contributed by atoms with Crippen molar-refractivity contribution < 1.29 is 24.0 Å². The number of fused-ring (bicyclic) bond motifs is 1. The highest BCUT2D eigenvalue weighted by Crippen LogP contribution is 2.39. The summed E-state index contributed by atoms with van der Waals surface area (Å²) in [6.07, 6.45) is -0.976. The number of hydrogen-bond acceptors (Lipinski definition) is 6. The van der Waals surface area contributed by atoms with Crippen molar-refractivity contribution in [2.45, 2.75) is 45.1 Å². The van der Waals surface area contributed by atoms with Gasteiger partial charge in [0.1, 0.15) is 5.60 Å². The number of nitrogens with zero attached hydrogens (tertiary/aromatic N) is 2. The van der Waals surface area contributed by atoms with Crippen molar-refractivity contribution in [1.82, 2.24) is 0 Å². The number of para-hydroxylation sites is 1. The molecule has 2 aromatic carbocycles. The number of halogens is 1. The van der Waals surface area contributed by atoms with E-state index < -0.39 is 46.8 Å². The van der Waals surface area contributed by atoms with Gasteiger partial charge < -0.3 is 10.1 Å². The molecule has 180 valence electrons. The number of ether oxygens (including phenoxy) is 1. The Morgan fingerprint density at radius 2 is 1.82 bits per heavy atom. The number of hydrogen-bond donors (Lipinski definition) is 1. The van der Waals surface area contributed by atoms with Gasteiger partial charge in [0.05, 0.1) is 17.5 Å². The third kappa shape index (κ3) is 6.19. The van der Waals surface area contributed by atoms with Gasteiger partial charge in [0.2, 0.25) is 18.4 Å². The molecule has 0 radical (unpaired) electrons. The van der Waals surface area contributed by atoms with Crippen LogP contribution in [0.4, 0.5) is 16.2 Å². The normalized spacial score (nSPS) is 18.4. The quantitative estimate of drug-likeness (QED) is 0.431. The van der Waals surface area contributed by atoms with Gasteiger partial charge in [-0.25, -0.2) is 9.69 Å². The first-order valence-electron chi connectivity index (χ1n) is 10.8. The standard InChI is InChI=1S/C24H26BrN3O6/c1-24(2,3)34-23(31)28-20-7-5-4-6-17(20)19(14-27(32)33)18(12-13-21(28)29)22(30)26-16-10-8-15(25)9-11-16/h4-11,18-19H,12-14H2,1-3H3,(H,26,30)/t18-,19-/m0/s1. The molecule has 9 nitrogen and oxygen atoms in total. The summed E-state index contributed by atoms with van der Waals surface area (Å²) in [6, 6.07) is 13.4. The number of benzene rings is 2. The monoisotopic (exact) mass is 531 g/mol. The van der Waals surface area contributed by atoms with Crippen molar-refractivity contribution in [3.63, 3.8) is 0 Å². The number of amides is 3. The fraction of sp³-hybridized carbons (Fsp3) is 0.375. The first-order valence-corrected chi connectivity index (χ1v) is 11.6. The summed E-state index contributed by atoms with van der Waals surface area (Å²) in [5.41, 5.74) is 0.246. The average Bonchev–Trinajstić information content (AvgIpc) is 2.73. The van der Waals surface area contributed by atoms with Crippen LogP contribution >= 0.6 is 15.9 Å². The number of carbonyl (C=O) groups excluding carboxylic acids is 3. The van der Waals surface area contributed by atoms with E-state index in [-0.39, 0.29) is 18.5 Å². The van der Waals surface area contributed by atoms with Crippen LogP contribution in [0.15, 0.2) is 53.0 Å². The molecule has 0 saturated carbocycles. The van der Waals surface area contributed by atoms with Gasteiger partial charge in [-0.3, -0.25) is 19.7 Å². The predicted molar refractivity (Wildman–Crippen MR) is 130 cm³/mol. The maximum absolute atomic E-state index is 13.3. The Morgan fingerprint density at radius 3 is 2.44 bits per heavy atom. The van der Waals surface area contributed by atoms with Crippen molar-refractivity contribution in [3.8, 4) is 0 Å². The van der Waals surface area contributed by atoms with Crippen LogP contribution in [-0.4, -0.2) is 35.0 Å². The second-order valence-electron chi connectivity index (χ2n) is 9.03. The molecule has 1 N–H and O–H groups in total. The van der Waals surface area contributed by atoms with Crippen molar-refractivity contribution >= 4 is 45.2 Å². The van der Waals surface area contributed by atoms with Crippen molar-refractivity contribution in [3.05, 3.63) is 68.7 Å². The van der Waals surface area contributed by atoms with Gasteiger partial charge in [-0.15, -0.1) is 0 Å². The molecule has 0 unspecified atom stereocenters. The fourth-order valence-electron chi connectivity index (χ4n) is 3.92. The fourth-order valence-corrected chi connectivity index (χ4v) is 4.19. The van der Waals surface area contributed by atoms with Crippen LogP contribution in [0.2, 0.25) is 0 Å². The molecule has 0 saturated heterocycles. The first-order chi connectivity index (χ1) is 16.0. The molecule has 0 fully saturated rings. The first kappa shape index (κ1) is 25.4. The SMILES string of the molecule is CC(C)(C)OC(=O)N1C(=O)CC[C@H](C(=O)Nc2ccc(Br)cc2)[C@@H](C[N+](=O)[O-])c2ccccc21. The predicted octanol–water partition coefficient (Wildman–Crippen LogP) is 5.13. The van der Waals surface area contributed by atoms with E-state index in [2.05, 4.69) is 21.2 Å². The van der Waals surface area contributed by atoms with E-state index in [0.29, 0.717) is 11.3 Å². The van der Waals surface area contributed by atoms with Gasteiger partial charge in [0, 0.05) is 21.5 Å². The van der Waals surface area contributed by atoms with E-state index in [4.69, 9.17) is 4.74 Å². The summed E-state index contributed by atoms with van der Waals surface area (Å²) < 4.78 is 6.27. The van der Waals surface area contributed by atoms with Crippen LogP contribution in [0.25, 0.3) is 0 Å². The number of carbonyl (C=O) groups is 3. The van der Waals surface area contributed by atoms with Gasteiger partial charge in [0.15, 0.2) is 0 Å². The second-order valence-corrected chi connectivity index (χ2v) is 9.95. The van der Waals surface area contributed by atoms with E-state index >= 15 is 0 Å². The Hall–Kier alpha value is -3.27. The number of rotatable bonds is 4. The second kappa shape index (κ2) is 10.3. The molecule has 3 amide bonds. The summed E-state index contributed by atoms with van der Waals surface area (Å²) in [7, 11) is 0. The molecular weight excluding hydrogens is 506 g/mol. The highest BCUT2D eigenvalue weighted by Gasteiger charge is 2.41. The van der Waals surface area contributed by atoms with Gasteiger partial charge in [-0.1, -0.05) is 34.1 Å². The minimum absolute atomic E-state index is 0.0351. The molecule has 1 aliphatic rings. The molecule has 2 aromatic rings. The van der Waals surface area contributed by atoms with Crippen LogP contribution in [-0.2, 0) is 14.3 Å². The topological polar surface area (TPSA) is 119 Å². The number of imide groups is 1. The van der Waals surface area contributed by atoms with Crippen LogP contribution in [0.3, 0.4) is 0 Å². The van der Waals surface area contributed by atoms with E-state index in [9.17, 15) is 24.5 Å². The molecule has 2 atom stereocenters. The summed E-state index contributed by atoms with van der Waals surface area (Å²) in [5.74, 6) is -2.69. The molecule has 0 spiro atoms. The van der Waals surface area contributed by atoms with Gasteiger partial charge in [0.25, 0.3) is 0 Å². The average molecular weight is 532 g/mol. The Balaban J connectivity index is 2.03. The van der Waals surface area contributed by atoms with Gasteiger partial charge in [-0.2, -0.15) is 0 Å². The lowest BCUT2D eigenvalue weighted by Crippen LogP contribution is -2.44.